The number of hydrogen-bond donors (Lipinski definition) is 3. The molecule has 0 heterocycles. The zero-order chi connectivity index (χ0) is 26.1. The third kappa shape index (κ3) is 8.32. The molecule has 0 aliphatic carbocycles. The van der Waals surface area contributed by atoms with Crippen molar-refractivity contribution >= 4 is 52.7 Å². The van der Waals surface area contributed by atoms with Crippen LogP contribution in [0.4, 0.5) is 16.2 Å². The molecule has 0 spiro atoms. The summed E-state index contributed by atoms with van der Waals surface area (Å²) in [5.41, 5.74) is 2.81. The first-order valence-corrected chi connectivity index (χ1v) is 12.6. The SMILES string of the molecule is CC(C)c1ccc(NC(=O)OCCC(Sc2ccc(C(=O)Nc3ccc(Cl)cc3)cc2)C(=O)O)cc1. The summed E-state index contributed by atoms with van der Waals surface area (Å²) in [6, 6.07) is 20.9. The molecule has 0 aliphatic rings. The number of ether oxygens (including phenoxy) is 1. The Labute approximate surface area is 219 Å². The van der Waals surface area contributed by atoms with Crippen molar-refractivity contribution in [2.75, 3.05) is 17.2 Å². The Hall–Kier alpha value is -3.49. The minimum atomic E-state index is -1.02. The van der Waals surface area contributed by atoms with Gasteiger partial charge in [-0.3, -0.25) is 14.9 Å². The molecule has 2 amide bonds. The molecule has 3 N–H and O–H groups in total. The summed E-state index contributed by atoms with van der Waals surface area (Å²) in [4.78, 5) is 36.9. The van der Waals surface area contributed by atoms with E-state index in [1.165, 1.54) is 0 Å². The van der Waals surface area contributed by atoms with E-state index in [4.69, 9.17) is 16.3 Å². The highest BCUT2D eigenvalue weighted by Gasteiger charge is 2.20. The molecular weight excluding hydrogens is 500 g/mol. The summed E-state index contributed by atoms with van der Waals surface area (Å²) < 4.78 is 5.17. The fourth-order valence-electron chi connectivity index (χ4n) is 3.18. The summed E-state index contributed by atoms with van der Waals surface area (Å²) in [6.45, 7) is 4.12. The third-order valence-corrected chi connectivity index (χ3v) is 6.73. The van der Waals surface area contributed by atoms with Crippen LogP contribution >= 0.6 is 23.4 Å². The van der Waals surface area contributed by atoms with Gasteiger partial charge < -0.3 is 15.2 Å². The largest absolute Gasteiger partial charge is 0.480 e. The second-order valence-electron chi connectivity index (χ2n) is 8.26. The van der Waals surface area contributed by atoms with E-state index in [2.05, 4.69) is 24.5 Å². The van der Waals surface area contributed by atoms with Gasteiger partial charge in [0.05, 0.1) is 6.61 Å². The molecule has 0 radical (unpaired) electrons. The van der Waals surface area contributed by atoms with Crippen LogP contribution in [0, 0.1) is 0 Å². The minimum absolute atomic E-state index is 0.0541. The summed E-state index contributed by atoms with van der Waals surface area (Å²) in [5.74, 6) is -0.918. The van der Waals surface area contributed by atoms with Gasteiger partial charge in [-0.25, -0.2) is 4.79 Å². The summed E-state index contributed by atoms with van der Waals surface area (Å²) >= 11 is 6.98. The molecule has 36 heavy (non-hydrogen) atoms. The summed E-state index contributed by atoms with van der Waals surface area (Å²) in [5, 5.41) is 14.7. The van der Waals surface area contributed by atoms with Gasteiger partial charge in [-0.05, 0) is 72.1 Å². The van der Waals surface area contributed by atoms with E-state index in [-0.39, 0.29) is 18.9 Å². The van der Waals surface area contributed by atoms with E-state index in [1.54, 1.807) is 60.7 Å². The summed E-state index contributed by atoms with van der Waals surface area (Å²) in [7, 11) is 0. The molecule has 3 rings (SSSR count). The summed E-state index contributed by atoms with van der Waals surface area (Å²) in [6.07, 6.45) is -0.518. The number of nitrogens with one attached hydrogen (secondary N) is 2. The number of hydrogen-bond acceptors (Lipinski definition) is 5. The van der Waals surface area contributed by atoms with Gasteiger partial charge in [0.25, 0.3) is 5.91 Å². The van der Waals surface area contributed by atoms with E-state index in [1.807, 2.05) is 12.1 Å². The Morgan fingerprint density at radius 2 is 1.47 bits per heavy atom. The highest BCUT2D eigenvalue weighted by atomic mass is 35.5. The number of benzene rings is 3. The first kappa shape index (κ1) is 27.1. The van der Waals surface area contributed by atoms with Gasteiger partial charge in [-0.2, -0.15) is 0 Å². The standard InChI is InChI=1S/C27H27ClN2O5S/c1-17(2)18-3-9-22(10-4-18)30-27(34)35-16-15-24(26(32)33)36-23-13-5-19(6-14-23)25(31)29-21-11-7-20(28)8-12-21/h3-14,17,24H,15-16H2,1-2H3,(H,29,31)(H,30,34)(H,32,33). The van der Waals surface area contributed by atoms with Crippen LogP contribution in [0.2, 0.25) is 5.02 Å². The average molecular weight is 527 g/mol. The molecule has 9 heteroatoms. The smallest absolute Gasteiger partial charge is 0.411 e. The molecule has 0 aliphatic heterocycles. The number of carbonyl (C=O) groups is 3. The van der Waals surface area contributed by atoms with Crippen LogP contribution < -0.4 is 10.6 Å². The quantitative estimate of drug-likeness (QED) is 0.248. The molecule has 0 fully saturated rings. The Kier molecular flexibility index (Phi) is 9.78. The molecular formula is C27H27ClN2O5S. The fourth-order valence-corrected chi connectivity index (χ4v) is 4.25. The van der Waals surface area contributed by atoms with Gasteiger partial charge in [0, 0.05) is 33.3 Å². The Balaban J connectivity index is 1.48. The molecule has 7 nitrogen and oxygen atoms in total. The number of aliphatic carboxylic acids is 1. The number of carboxylic acids is 1. The maximum atomic E-state index is 12.4. The molecule has 188 valence electrons. The monoisotopic (exact) mass is 526 g/mol. The topological polar surface area (TPSA) is 105 Å². The van der Waals surface area contributed by atoms with Crippen LogP contribution in [0.1, 0.15) is 42.1 Å². The molecule has 0 saturated carbocycles. The Bertz CT molecular complexity index is 1180. The van der Waals surface area contributed by atoms with Crippen molar-refractivity contribution in [3.05, 3.63) is 88.9 Å². The van der Waals surface area contributed by atoms with Crippen LogP contribution in [0.15, 0.2) is 77.7 Å². The highest BCUT2D eigenvalue weighted by molar-refractivity contribution is 8.00. The number of anilines is 2. The van der Waals surface area contributed by atoms with Gasteiger partial charge in [-0.15, -0.1) is 11.8 Å². The van der Waals surface area contributed by atoms with E-state index < -0.39 is 17.3 Å². The zero-order valence-electron chi connectivity index (χ0n) is 19.9. The van der Waals surface area contributed by atoms with E-state index in [9.17, 15) is 19.5 Å². The van der Waals surface area contributed by atoms with Crippen molar-refractivity contribution in [2.24, 2.45) is 0 Å². The number of carbonyl (C=O) groups excluding carboxylic acids is 2. The number of carboxylic acid groups (broad SMARTS) is 1. The molecule has 1 unspecified atom stereocenters. The van der Waals surface area contributed by atoms with Crippen LogP contribution in [-0.2, 0) is 9.53 Å². The number of thioether (sulfide) groups is 1. The predicted octanol–water partition coefficient (Wildman–Crippen LogP) is 6.90. The molecule has 1 atom stereocenters. The van der Waals surface area contributed by atoms with Gasteiger partial charge in [0.15, 0.2) is 0 Å². The van der Waals surface area contributed by atoms with Gasteiger partial charge >= 0.3 is 12.1 Å². The normalized spacial score (nSPS) is 11.6. The first-order valence-electron chi connectivity index (χ1n) is 11.3. The maximum Gasteiger partial charge on any atom is 0.411 e. The minimum Gasteiger partial charge on any atom is -0.480 e. The zero-order valence-corrected chi connectivity index (χ0v) is 21.4. The van der Waals surface area contributed by atoms with Crippen molar-refractivity contribution in [1.29, 1.82) is 0 Å². The predicted molar refractivity (Wildman–Crippen MR) is 143 cm³/mol. The lowest BCUT2D eigenvalue weighted by molar-refractivity contribution is -0.136. The van der Waals surface area contributed by atoms with Crippen molar-refractivity contribution in [1.82, 2.24) is 0 Å². The van der Waals surface area contributed by atoms with Crippen LogP contribution in [0.25, 0.3) is 0 Å². The molecule has 0 saturated heterocycles. The third-order valence-electron chi connectivity index (χ3n) is 5.21. The van der Waals surface area contributed by atoms with Gasteiger partial charge in [-0.1, -0.05) is 37.6 Å². The lowest BCUT2D eigenvalue weighted by Gasteiger charge is -2.13. The molecule has 0 bridgehead atoms. The average Bonchev–Trinajstić information content (AvgIpc) is 2.85. The Morgan fingerprint density at radius 3 is 2.06 bits per heavy atom. The maximum absolute atomic E-state index is 12.4. The van der Waals surface area contributed by atoms with Crippen molar-refractivity contribution in [3.8, 4) is 0 Å². The fraction of sp³-hybridized carbons (Fsp3) is 0.222. The van der Waals surface area contributed by atoms with Crippen LogP contribution in [-0.4, -0.2) is 34.9 Å². The number of halogens is 1. The van der Waals surface area contributed by atoms with Crippen LogP contribution in [0.3, 0.4) is 0 Å². The number of rotatable bonds is 10. The lowest BCUT2D eigenvalue weighted by Crippen LogP contribution is -2.21. The van der Waals surface area contributed by atoms with Crippen molar-refractivity contribution < 1.29 is 24.2 Å². The Morgan fingerprint density at radius 1 is 0.889 bits per heavy atom. The van der Waals surface area contributed by atoms with Gasteiger partial charge in [0.2, 0.25) is 0 Å². The highest BCUT2D eigenvalue weighted by Crippen LogP contribution is 2.26. The van der Waals surface area contributed by atoms with Crippen molar-refractivity contribution in [3.63, 3.8) is 0 Å². The van der Waals surface area contributed by atoms with Crippen LogP contribution in [0.5, 0.6) is 0 Å². The van der Waals surface area contributed by atoms with E-state index in [0.717, 1.165) is 17.3 Å². The molecule has 3 aromatic rings. The first-order chi connectivity index (χ1) is 17.2. The van der Waals surface area contributed by atoms with Gasteiger partial charge in [0.1, 0.15) is 5.25 Å². The number of amides is 2. The van der Waals surface area contributed by atoms with E-state index >= 15 is 0 Å². The molecule has 3 aromatic carbocycles. The second kappa shape index (κ2) is 13.0. The molecule has 0 aromatic heterocycles. The lowest BCUT2D eigenvalue weighted by atomic mass is 10.0. The van der Waals surface area contributed by atoms with Crippen molar-refractivity contribution in [2.45, 2.75) is 36.3 Å². The van der Waals surface area contributed by atoms with E-state index in [0.29, 0.717) is 32.8 Å². The second-order valence-corrected chi connectivity index (χ2v) is 9.97.